The summed E-state index contributed by atoms with van der Waals surface area (Å²) in [4.78, 5) is 26.8. The van der Waals surface area contributed by atoms with Crippen molar-refractivity contribution in [2.24, 2.45) is 0 Å². The van der Waals surface area contributed by atoms with Gasteiger partial charge in [-0.25, -0.2) is 0 Å². The second-order valence-corrected chi connectivity index (χ2v) is 14.1. The van der Waals surface area contributed by atoms with Crippen molar-refractivity contribution in [1.29, 1.82) is 0 Å². The van der Waals surface area contributed by atoms with Crippen LogP contribution in [0.1, 0.15) is 30.1 Å². The molecule has 5 aromatic rings. The zero-order valence-corrected chi connectivity index (χ0v) is 24.1. The fraction of sp³-hybridized carbons (Fsp3) is 0.111. The molecule has 1 atom stereocenters. The summed E-state index contributed by atoms with van der Waals surface area (Å²) in [5, 5.41) is 6.42. The molecule has 1 unspecified atom stereocenters. The summed E-state index contributed by atoms with van der Waals surface area (Å²) in [7, 11) is -2.89. The number of carbonyl (C=O) groups excluding carboxylic acids is 2. The van der Waals surface area contributed by atoms with E-state index in [9.17, 15) is 9.59 Å². The SMILES string of the molecule is CCCC(C(=O)Oc1ccc(NC(=O)c2ccccc2)cc1)[PH](c1ccccc1)(c1ccccc1)c1ccccc1. The van der Waals surface area contributed by atoms with E-state index in [4.69, 9.17) is 4.74 Å². The number of hydrogen-bond acceptors (Lipinski definition) is 3. The molecule has 0 aliphatic heterocycles. The van der Waals surface area contributed by atoms with Crippen LogP contribution in [0.3, 0.4) is 0 Å². The van der Waals surface area contributed by atoms with E-state index in [1.807, 2.05) is 36.4 Å². The Kier molecular flexibility index (Phi) is 9.03. The van der Waals surface area contributed by atoms with E-state index in [-0.39, 0.29) is 17.5 Å². The van der Waals surface area contributed by atoms with Gasteiger partial charge >= 0.3 is 237 Å². The third kappa shape index (κ3) is 6.14. The zero-order chi connectivity index (χ0) is 28.5. The molecule has 5 aromatic carbocycles. The molecule has 0 spiro atoms. The van der Waals surface area contributed by atoms with Crippen LogP contribution in [-0.2, 0) is 4.79 Å². The Balaban J connectivity index is 1.50. The van der Waals surface area contributed by atoms with Crippen molar-refractivity contribution in [3.63, 3.8) is 0 Å². The van der Waals surface area contributed by atoms with E-state index >= 15 is 0 Å². The Hall–Kier alpha value is -4.53. The van der Waals surface area contributed by atoms with Gasteiger partial charge in [-0.1, -0.05) is 6.07 Å². The van der Waals surface area contributed by atoms with Crippen molar-refractivity contribution in [2.45, 2.75) is 25.4 Å². The van der Waals surface area contributed by atoms with Gasteiger partial charge in [0.05, 0.1) is 0 Å². The van der Waals surface area contributed by atoms with Crippen molar-refractivity contribution in [2.75, 3.05) is 5.32 Å². The Morgan fingerprint density at radius 3 is 1.51 bits per heavy atom. The molecule has 1 amide bonds. The normalized spacial score (nSPS) is 12.2. The minimum absolute atomic E-state index is 0.192. The van der Waals surface area contributed by atoms with Gasteiger partial charge in [0.25, 0.3) is 0 Å². The van der Waals surface area contributed by atoms with Crippen LogP contribution in [-0.4, -0.2) is 17.5 Å². The Morgan fingerprint density at radius 2 is 1.07 bits per heavy atom. The van der Waals surface area contributed by atoms with Crippen LogP contribution in [0, 0.1) is 0 Å². The standard InChI is InChI=1S/C36H34NO3P/c1-2-15-34(36(39)40-30-26-24-29(25-27-30)37-35(38)28-16-7-3-8-17-28)41(31-18-9-4-10-19-31,32-20-11-5-12-21-32)33-22-13-6-14-23-33/h3-14,16-27,34,41H,2,15H2,1H3,(H,37,38). The van der Waals surface area contributed by atoms with Crippen molar-refractivity contribution in [3.05, 3.63) is 151 Å². The molecular formula is C36H34NO3P. The van der Waals surface area contributed by atoms with E-state index in [1.165, 1.54) is 15.9 Å². The van der Waals surface area contributed by atoms with Crippen LogP contribution in [0.4, 0.5) is 5.69 Å². The summed E-state index contributed by atoms with van der Waals surface area (Å²) >= 11 is 0. The number of nitrogens with one attached hydrogen (secondary N) is 1. The van der Waals surface area contributed by atoms with Crippen molar-refractivity contribution in [1.82, 2.24) is 0 Å². The van der Waals surface area contributed by atoms with Gasteiger partial charge in [-0.2, -0.15) is 0 Å². The van der Waals surface area contributed by atoms with E-state index in [0.717, 1.165) is 6.42 Å². The molecule has 0 aliphatic rings. The summed E-state index contributed by atoms with van der Waals surface area (Å²) in [5.41, 5.74) is 0.844. The summed E-state index contributed by atoms with van der Waals surface area (Å²) in [5.74, 6) is 0.0183. The Bertz CT molecular complexity index is 1460. The molecule has 1 N–H and O–H groups in total. The first-order valence-corrected chi connectivity index (χ1v) is 16.1. The maximum atomic E-state index is 14.3. The molecule has 0 aliphatic carbocycles. The van der Waals surface area contributed by atoms with Gasteiger partial charge < -0.3 is 0 Å². The van der Waals surface area contributed by atoms with Crippen LogP contribution in [0.15, 0.2) is 146 Å². The first kappa shape index (κ1) is 28.0. The molecule has 5 heteroatoms. The van der Waals surface area contributed by atoms with Crippen LogP contribution in [0.25, 0.3) is 0 Å². The average molecular weight is 560 g/mol. The number of ether oxygens (including phenoxy) is 1. The van der Waals surface area contributed by atoms with E-state index in [2.05, 4.69) is 85.0 Å². The molecule has 0 saturated carbocycles. The van der Waals surface area contributed by atoms with Gasteiger partial charge in [0.1, 0.15) is 0 Å². The Labute approximate surface area is 242 Å². The van der Waals surface area contributed by atoms with Crippen LogP contribution >= 0.6 is 7.26 Å². The van der Waals surface area contributed by atoms with Gasteiger partial charge in [-0.3, -0.25) is 0 Å². The molecule has 0 bridgehead atoms. The quantitative estimate of drug-likeness (QED) is 0.117. The van der Waals surface area contributed by atoms with Gasteiger partial charge in [-0.15, -0.1) is 0 Å². The number of rotatable bonds is 10. The molecule has 0 heterocycles. The topological polar surface area (TPSA) is 55.4 Å². The van der Waals surface area contributed by atoms with Crippen LogP contribution in [0.5, 0.6) is 5.75 Å². The first-order valence-electron chi connectivity index (χ1n) is 14.0. The number of carbonyl (C=O) groups is 2. The van der Waals surface area contributed by atoms with Gasteiger partial charge in [0, 0.05) is 0 Å². The molecule has 0 saturated heterocycles. The van der Waals surface area contributed by atoms with Crippen molar-refractivity contribution >= 4 is 40.7 Å². The fourth-order valence-corrected chi connectivity index (χ4v) is 11.1. The molecule has 0 radical (unpaired) electrons. The van der Waals surface area contributed by atoms with Gasteiger partial charge in [0.15, 0.2) is 0 Å². The molecule has 0 aromatic heterocycles. The number of esters is 1. The third-order valence-electron chi connectivity index (χ3n) is 7.44. The summed E-state index contributed by atoms with van der Waals surface area (Å²) < 4.78 is 6.13. The van der Waals surface area contributed by atoms with E-state index in [0.29, 0.717) is 23.4 Å². The van der Waals surface area contributed by atoms with E-state index in [1.54, 1.807) is 36.4 Å². The second kappa shape index (κ2) is 13.2. The van der Waals surface area contributed by atoms with Crippen LogP contribution in [0.2, 0.25) is 0 Å². The molecule has 41 heavy (non-hydrogen) atoms. The van der Waals surface area contributed by atoms with Crippen molar-refractivity contribution < 1.29 is 14.3 Å². The monoisotopic (exact) mass is 559 g/mol. The predicted octanol–water partition coefficient (Wildman–Crippen LogP) is 6.74. The number of hydrogen-bond donors (Lipinski definition) is 1. The molecule has 0 fully saturated rings. The number of anilines is 1. The van der Waals surface area contributed by atoms with Gasteiger partial charge in [0.2, 0.25) is 0 Å². The van der Waals surface area contributed by atoms with Gasteiger partial charge in [-0.05, 0) is 0 Å². The second-order valence-electron chi connectivity index (χ2n) is 10.0. The molecule has 206 valence electrons. The predicted molar refractivity (Wildman–Crippen MR) is 172 cm³/mol. The summed E-state index contributed by atoms with van der Waals surface area (Å²) in [6.45, 7) is 2.12. The van der Waals surface area contributed by atoms with E-state index < -0.39 is 7.26 Å². The summed E-state index contributed by atoms with van der Waals surface area (Å²) in [6, 6.07) is 47.4. The maximum absolute atomic E-state index is 14.3. The Morgan fingerprint density at radius 1 is 0.634 bits per heavy atom. The minimum atomic E-state index is -2.89. The average Bonchev–Trinajstić information content (AvgIpc) is 3.04. The molecular weight excluding hydrogens is 525 g/mol. The third-order valence-corrected chi connectivity index (χ3v) is 12.7. The number of benzene rings is 5. The first-order chi connectivity index (χ1) is 20.1. The molecule has 4 nitrogen and oxygen atoms in total. The number of amides is 1. The van der Waals surface area contributed by atoms with Crippen molar-refractivity contribution in [3.8, 4) is 5.75 Å². The summed E-state index contributed by atoms with van der Waals surface area (Å²) in [6.07, 6.45) is 1.53. The fourth-order valence-electron chi connectivity index (χ4n) is 5.59. The molecule has 5 rings (SSSR count). The zero-order valence-electron chi connectivity index (χ0n) is 23.1. The van der Waals surface area contributed by atoms with Crippen LogP contribution < -0.4 is 26.0 Å².